The van der Waals surface area contributed by atoms with Crippen LogP contribution < -0.4 is 4.90 Å². The molecule has 1 aromatic rings. The summed E-state index contributed by atoms with van der Waals surface area (Å²) in [6.45, 7) is 4.43. The predicted octanol–water partition coefficient (Wildman–Crippen LogP) is 1.75. The first-order chi connectivity index (χ1) is 7.97. The number of nitrogens with zero attached hydrogens (tertiary/aromatic N) is 1. The molecule has 2 aliphatic heterocycles. The van der Waals surface area contributed by atoms with Crippen molar-refractivity contribution in [3.63, 3.8) is 0 Å². The summed E-state index contributed by atoms with van der Waals surface area (Å²) < 4.78 is 0. The van der Waals surface area contributed by atoms with Gasteiger partial charge in [-0.25, -0.2) is 0 Å². The monoisotopic (exact) mass is 231 g/mol. The van der Waals surface area contributed by atoms with Gasteiger partial charge in [-0.2, -0.15) is 0 Å². The van der Waals surface area contributed by atoms with Crippen molar-refractivity contribution in [1.82, 2.24) is 0 Å². The number of aliphatic hydroxyl groups is 1. The third kappa shape index (κ3) is 1.57. The highest BCUT2D eigenvalue weighted by Crippen LogP contribution is 2.39. The van der Waals surface area contributed by atoms with Crippen molar-refractivity contribution in [2.24, 2.45) is 0 Å². The third-order valence-corrected chi connectivity index (χ3v) is 3.71. The molecule has 0 aromatic heterocycles. The molecular formula is C14H17NO2. The maximum atomic E-state index is 11.9. The number of carbonyl (C=O) groups is 1. The van der Waals surface area contributed by atoms with E-state index in [-0.39, 0.29) is 5.91 Å². The first-order valence-electron chi connectivity index (χ1n) is 6.16. The lowest BCUT2D eigenvalue weighted by molar-refractivity contribution is -0.117. The Labute approximate surface area is 101 Å². The number of amides is 1. The lowest BCUT2D eigenvalue weighted by Crippen LogP contribution is -2.31. The maximum Gasteiger partial charge on any atom is 0.231 e. The van der Waals surface area contributed by atoms with Crippen molar-refractivity contribution in [3.05, 3.63) is 28.8 Å². The SMILES string of the molecule is CC(C)(O)c1cc2c3c(c1)CC(=O)N3CCC2. The Balaban J connectivity index is 2.18. The fraction of sp³-hybridized carbons (Fsp3) is 0.500. The first-order valence-corrected chi connectivity index (χ1v) is 6.16. The molecule has 1 amide bonds. The number of hydrogen-bond donors (Lipinski definition) is 1. The van der Waals surface area contributed by atoms with Crippen LogP contribution in [-0.2, 0) is 23.2 Å². The number of hydrogen-bond acceptors (Lipinski definition) is 2. The Morgan fingerprint density at radius 1 is 1.29 bits per heavy atom. The van der Waals surface area contributed by atoms with E-state index in [1.54, 1.807) is 13.8 Å². The highest BCUT2D eigenvalue weighted by atomic mass is 16.3. The molecule has 0 fully saturated rings. The molecule has 3 heteroatoms. The largest absolute Gasteiger partial charge is 0.386 e. The summed E-state index contributed by atoms with van der Waals surface area (Å²) in [4.78, 5) is 13.8. The van der Waals surface area contributed by atoms with E-state index in [2.05, 4.69) is 6.07 Å². The molecule has 90 valence electrons. The van der Waals surface area contributed by atoms with Gasteiger partial charge in [-0.1, -0.05) is 12.1 Å². The minimum absolute atomic E-state index is 0.203. The average Bonchev–Trinajstić information content (AvgIpc) is 2.56. The highest BCUT2D eigenvalue weighted by molar-refractivity contribution is 6.02. The van der Waals surface area contributed by atoms with Crippen molar-refractivity contribution in [1.29, 1.82) is 0 Å². The Bertz CT molecular complexity index is 500. The normalized spacial score (nSPS) is 18.5. The van der Waals surface area contributed by atoms with E-state index in [0.29, 0.717) is 6.42 Å². The molecule has 1 N–H and O–H groups in total. The molecule has 17 heavy (non-hydrogen) atoms. The van der Waals surface area contributed by atoms with E-state index >= 15 is 0 Å². The molecule has 0 bridgehead atoms. The Hall–Kier alpha value is -1.35. The first kappa shape index (κ1) is 10.8. The summed E-state index contributed by atoms with van der Waals surface area (Å²) in [6, 6.07) is 4.05. The van der Waals surface area contributed by atoms with Gasteiger partial charge in [0.05, 0.1) is 17.7 Å². The van der Waals surface area contributed by atoms with Crippen LogP contribution in [0.1, 0.15) is 37.0 Å². The summed E-state index contributed by atoms with van der Waals surface area (Å²) >= 11 is 0. The number of rotatable bonds is 1. The van der Waals surface area contributed by atoms with Gasteiger partial charge in [-0.05, 0) is 43.4 Å². The molecule has 0 saturated heterocycles. The lowest BCUT2D eigenvalue weighted by atomic mass is 9.90. The summed E-state index contributed by atoms with van der Waals surface area (Å²) in [7, 11) is 0. The van der Waals surface area contributed by atoms with Gasteiger partial charge in [0.1, 0.15) is 0 Å². The van der Waals surface area contributed by atoms with Crippen LogP contribution in [0.4, 0.5) is 5.69 Å². The topological polar surface area (TPSA) is 40.5 Å². The van der Waals surface area contributed by atoms with E-state index in [9.17, 15) is 9.90 Å². The Morgan fingerprint density at radius 2 is 2.00 bits per heavy atom. The molecular weight excluding hydrogens is 214 g/mol. The highest BCUT2D eigenvalue weighted by Gasteiger charge is 2.33. The van der Waals surface area contributed by atoms with Crippen molar-refractivity contribution in [2.45, 2.75) is 38.7 Å². The standard InChI is InChI=1S/C14H17NO2/c1-14(2,17)11-6-9-4-3-5-15-12(16)8-10(7-11)13(9)15/h6-7,17H,3-5,8H2,1-2H3. The molecule has 0 atom stereocenters. The van der Waals surface area contributed by atoms with E-state index in [0.717, 1.165) is 36.2 Å². The second kappa shape index (κ2) is 3.33. The van der Waals surface area contributed by atoms with Gasteiger partial charge in [-0.15, -0.1) is 0 Å². The zero-order valence-electron chi connectivity index (χ0n) is 10.3. The van der Waals surface area contributed by atoms with E-state index < -0.39 is 5.60 Å². The lowest BCUT2D eigenvalue weighted by Gasteiger charge is -2.27. The minimum atomic E-state index is -0.834. The summed E-state index contributed by atoms with van der Waals surface area (Å²) in [6.07, 6.45) is 2.52. The van der Waals surface area contributed by atoms with Crippen LogP contribution in [-0.4, -0.2) is 17.6 Å². The van der Waals surface area contributed by atoms with E-state index in [4.69, 9.17) is 0 Å². The maximum absolute atomic E-state index is 11.9. The Kier molecular flexibility index (Phi) is 2.11. The molecule has 0 saturated carbocycles. The van der Waals surface area contributed by atoms with Crippen LogP contribution in [0.15, 0.2) is 12.1 Å². The summed E-state index contributed by atoms with van der Waals surface area (Å²) in [5, 5.41) is 10.1. The van der Waals surface area contributed by atoms with Gasteiger partial charge >= 0.3 is 0 Å². The van der Waals surface area contributed by atoms with Crippen LogP contribution in [0.2, 0.25) is 0 Å². The minimum Gasteiger partial charge on any atom is -0.386 e. The van der Waals surface area contributed by atoms with Gasteiger partial charge in [-0.3, -0.25) is 4.79 Å². The van der Waals surface area contributed by atoms with E-state index in [1.807, 2.05) is 11.0 Å². The van der Waals surface area contributed by atoms with Crippen LogP contribution in [0, 0.1) is 0 Å². The molecule has 2 heterocycles. The van der Waals surface area contributed by atoms with Gasteiger partial charge in [0, 0.05) is 6.54 Å². The second-order valence-electron chi connectivity index (χ2n) is 5.53. The molecule has 0 aliphatic carbocycles. The smallest absolute Gasteiger partial charge is 0.231 e. The van der Waals surface area contributed by atoms with Gasteiger partial charge in [0.15, 0.2) is 0 Å². The summed E-state index contributed by atoms with van der Waals surface area (Å²) in [5.41, 5.74) is 3.51. The molecule has 1 aromatic carbocycles. The zero-order chi connectivity index (χ0) is 12.2. The van der Waals surface area contributed by atoms with Gasteiger partial charge in [0.25, 0.3) is 0 Å². The number of carbonyl (C=O) groups excluding carboxylic acids is 1. The quantitative estimate of drug-likeness (QED) is 0.800. The van der Waals surface area contributed by atoms with E-state index in [1.165, 1.54) is 5.56 Å². The molecule has 0 unspecified atom stereocenters. The molecule has 2 aliphatic rings. The van der Waals surface area contributed by atoms with Crippen molar-refractivity contribution >= 4 is 11.6 Å². The number of aryl methyl sites for hydroxylation is 1. The van der Waals surface area contributed by atoms with Crippen LogP contribution in [0.5, 0.6) is 0 Å². The van der Waals surface area contributed by atoms with Crippen molar-refractivity contribution < 1.29 is 9.90 Å². The van der Waals surface area contributed by atoms with Crippen molar-refractivity contribution in [3.8, 4) is 0 Å². The van der Waals surface area contributed by atoms with Gasteiger partial charge < -0.3 is 10.0 Å². The molecule has 0 spiro atoms. The van der Waals surface area contributed by atoms with Crippen molar-refractivity contribution in [2.75, 3.05) is 11.4 Å². The summed E-state index contributed by atoms with van der Waals surface area (Å²) in [5.74, 6) is 0.203. The number of benzene rings is 1. The molecule has 3 rings (SSSR count). The number of anilines is 1. The fourth-order valence-corrected chi connectivity index (χ4v) is 2.83. The zero-order valence-corrected chi connectivity index (χ0v) is 10.3. The molecule has 3 nitrogen and oxygen atoms in total. The Morgan fingerprint density at radius 3 is 2.71 bits per heavy atom. The van der Waals surface area contributed by atoms with Gasteiger partial charge in [0.2, 0.25) is 5.91 Å². The van der Waals surface area contributed by atoms with Crippen LogP contribution in [0.3, 0.4) is 0 Å². The second-order valence-corrected chi connectivity index (χ2v) is 5.53. The average molecular weight is 231 g/mol. The van der Waals surface area contributed by atoms with Crippen LogP contribution in [0.25, 0.3) is 0 Å². The molecule has 0 radical (unpaired) electrons. The predicted molar refractivity (Wildman–Crippen MR) is 66.1 cm³/mol. The third-order valence-electron chi connectivity index (χ3n) is 3.71. The van der Waals surface area contributed by atoms with Crippen LogP contribution >= 0.6 is 0 Å². The fourth-order valence-electron chi connectivity index (χ4n) is 2.83.